The molecule has 1 aromatic rings. The van der Waals surface area contributed by atoms with Crippen LogP contribution in [0.3, 0.4) is 0 Å². The predicted octanol–water partition coefficient (Wildman–Crippen LogP) is 3.25. The molecule has 1 aromatic heterocycles. The van der Waals surface area contributed by atoms with Gasteiger partial charge in [-0.2, -0.15) is 5.26 Å². The SMILES string of the molecule is N#Cc1cc(Cl)c(NC2CCC(NC(=O)O)CC2)nc1Cl. The maximum atomic E-state index is 10.6. The molecule has 0 radical (unpaired) electrons. The fraction of sp³-hybridized carbons (Fsp3) is 0.462. The molecule has 1 aliphatic carbocycles. The van der Waals surface area contributed by atoms with Crippen molar-refractivity contribution < 1.29 is 9.90 Å². The van der Waals surface area contributed by atoms with E-state index in [9.17, 15) is 4.79 Å². The minimum absolute atomic E-state index is 0.00599. The summed E-state index contributed by atoms with van der Waals surface area (Å²) in [5.74, 6) is 0.454. The summed E-state index contributed by atoms with van der Waals surface area (Å²) < 4.78 is 0. The van der Waals surface area contributed by atoms with Crippen molar-refractivity contribution in [2.24, 2.45) is 0 Å². The Labute approximate surface area is 132 Å². The van der Waals surface area contributed by atoms with E-state index in [1.807, 2.05) is 6.07 Å². The fourth-order valence-corrected chi connectivity index (χ4v) is 2.78. The second kappa shape index (κ2) is 6.83. The summed E-state index contributed by atoms with van der Waals surface area (Å²) >= 11 is 12.0. The molecule has 0 aliphatic heterocycles. The van der Waals surface area contributed by atoms with E-state index in [4.69, 9.17) is 33.6 Å². The number of aromatic nitrogens is 1. The standard InChI is InChI=1S/C13H14Cl2N4O2/c14-10-5-7(6-16)11(15)19-12(10)17-8-1-3-9(4-2-8)18-13(20)21/h5,8-9,18H,1-4H2,(H,17,19)(H,20,21). The molecule has 1 heterocycles. The molecule has 112 valence electrons. The fourth-order valence-electron chi connectivity index (χ4n) is 2.40. The highest BCUT2D eigenvalue weighted by molar-refractivity contribution is 6.34. The molecule has 8 heteroatoms. The van der Waals surface area contributed by atoms with Gasteiger partial charge in [-0.15, -0.1) is 0 Å². The Morgan fingerprint density at radius 3 is 2.52 bits per heavy atom. The van der Waals surface area contributed by atoms with Gasteiger partial charge in [0.15, 0.2) is 0 Å². The van der Waals surface area contributed by atoms with Gasteiger partial charge in [0.25, 0.3) is 0 Å². The highest BCUT2D eigenvalue weighted by atomic mass is 35.5. The van der Waals surface area contributed by atoms with Crippen molar-refractivity contribution in [3.8, 4) is 6.07 Å². The number of halogens is 2. The Bertz CT molecular complexity index is 580. The number of nitrogens with one attached hydrogen (secondary N) is 2. The molecule has 0 unspecified atom stereocenters. The van der Waals surface area contributed by atoms with Crippen molar-refractivity contribution in [1.82, 2.24) is 10.3 Å². The molecule has 0 saturated heterocycles. The van der Waals surface area contributed by atoms with Gasteiger partial charge in [0.2, 0.25) is 0 Å². The number of hydrogen-bond donors (Lipinski definition) is 3. The second-order valence-electron chi connectivity index (χ2n) is 4.91. The van der Waals surface area contributed by atoms with Gasteiger partial charge < -0.3 is 15.7 Å². The summed E-state index contributed by atoms with van der Waals surface area (Å²) in [5, 5.41) is 23.7. The van der Waals surface area contributed by atoms with Crippen LogP contribution in [0.1, 0.15) is 31.2 Å². The first-order valence-corrected chi connectivity index (χ1v) is 7.27. The van der Waals surface area contributed by atoms with Gasteiger partial charge in [-0.25, -0.2) is 9.78 Å². The van der Waals surface area contributed by atoms with Crippen LogP contribution in [0.25, 0.3) is 0 Å². The Hall–Kier alpha value is -1.71. The van der Waals surface area contributed by atoms with Crippen molar-refractivity contribution in [3.05, 3.63) is 21.8 Å². The molecule has 6 nitrogen and oxygen atoms in total. The van der Waals surface area contributed by atoms with Crippen LogP contribution in [0.15, 0.2) is 6.07 Å². The molecule has 1 aliphatic rings. The molecule has 0 atom stereocenters. The summed E-state index contributed by atoms with van der Waals surface area (Å²) in [6.07, 6.45) is 2.13. The van der Waals surface area contributed by atoms with Crippen LogP contribution in [0.4, 0.5) is 10.6 Å². The predicted molar refractivity (Wildman–Crippen MR) is 79.8 cm³/mol. The van der Waals surface area contributed by atoms with Gasteiger partial charge in [0.05, 0.1) is 10.6 Å². The zero-order valence-corrected chi connectivity index (χ0v) is 12.6. The number of amides is 1. The van der Waals surface area contributed by atoms with Crippen LogP contribution in [0, 0.1) is 11.3 Å². The van der Waals surface area contributed by atoms with Crippen LogP contribution in [-0.2, 0) is 0 Å². The smallest absolute Gasteiger partial charge is 0.404 e. The molecule has 0 aromatic carbocycles. The van der Waals surface area contributed by atoms with E-state index in [1.54, 1.807) is 0 Å². The van der Waals surface area contributed by atoms with Gasteiger partial charge in [-0.3, -0.25) is 0 Å². The minimum atomic E-state index is -0.991. The van der Waals surface area contributed by atoms with E-state index in [2.05, 4.69) is 15.6 Å². The lowest BCUT2D eigenvalue weighted by Crippen LogP contribution is -2.39. The molecular weight excluding hydrogens is 315 g/mol. The molecule has 3 N–H and O–H groups in total. The molecule has 1 amide bonds. The van der Waals surface area contributed by atoms with Gasteiger partial charge >= 0.3 is 6.09 Å². The first-order chi connectivity index (χ1) is 9.99. The molecule has 1 fully saturated rings. The van der Waals surface area contributed by atoms with Crippen molar-refractivity contribution in [2.45, 2.75) is 37.8 Å². The number of anilines is 1. The van der Waals surface area contributed by atoms with E-state index in [0.717, 1.165) is 25.7 Å². The molecule has 0 bridgehead atoms. The number of pyridine rings is 1. The number of hydrogen-bond acceptors (Lipinski definition) is 4. The summed E-state index contributed by atoms with van der Waals surface area (Å²) in [5.41, 5.74) is 0.238. The lowest BCUT2D eigenvalue weighted by atomic mass is 9.91. The maximum Gasteiger partial charge on any atom is 0.404 e. The third kappa shape index (κ3) is 4.13. The van der Waals surface area contributed by atoms with Crippen LogP contribution in [0.5, 0.6) is 0 Å². The lowest BCUT2D eigenvalue weighted by molar-refractivity contribution is 0.185. The van der Waals surface area contributed by atoms with E-state index >= 15 is 0 Å². The molecule has 1 saturated carbocycles. The Balaban J connectivity index is 1.96. The molecule has 21 heavy (non-hydrogen) atoms. The minimum Gasteiger partial charge on any atom is -0.465 e. The van der Waals surface area contributed by atoms with Crippen molar-refractivity contribution >= 4 is 35.1 Å². The largest absolute Gasteiger partial charge is 0.465 e. The summed E-state index contributed by atoms with van der Waals surface area (Å²) in [7, 11) is 0. The van der Waals surface area contributed by atoms with Crippen LogP contribution in [-0.4, -0.2) is 28.3 Å². The number of rotatable bonds is 3. The monoisotopic (exact) mass is 328 g/mol. The third-order valence-electron chi connectivity index (χ3n) is 3.45. The quantitative estimate of drug-likeness (QED) is 0.740. The van der Waals surface area contributed by atoms with Crippen LogP contribution < -0.4 is 10.6 Å². The van der Waals surface area contributed by atoms with Crippen molar-refractivity contribution in [1.29, 1.82) is 5.26 Å². The third-order valence-corrected chi connectivity index (χ3v) is 4.02. The summed E-state index contributed by atoms with van der Waals surface area (Å²) in [4.78, 5) is 14.7. The molecule has 2 rings (SSSR count). The summed E-state index contributed by atoms with van der Waals surface area (Å²) in [6.45, 7) is 0. The average molecular weight is 329 g/mol. The normalized spacial score (nSPS) is 21.4. The van der Waals surface area contributed by atoms with Crippen molar-refractivity contribution in [2.75, 3.05) is 5.32 Å². The number of nitriles is 1. The van der Waals surface area contributed by atoms with Gasteiger partial charge in [0, 0.05) is 12.1 Å². The maximum absolute atomic E-state index is 10.6. The first-order valence-electron chi connectivity index (χ1n) is 6.51. The first kappa shape index (κ1) is 15.7. The van der Waals surface area contributed by atoms with Crippen LogP contribution in [0.2, 0.25) is 10.2 Å². The van der Waals surface area contributed by atoms with E-state index in [-0.39, 0.29) is 22.8 Å². The zero-order valence-electron chi connectivity index (χ0n) is 11.1. The second-order valence-corrected chi connectivity index (χ2v) is 5.68. The molecular formula is C13H14Cl2N4O2. The molecule has 0 spiro atoms. The number of carboxylic acid groups (broad SMARTS) is 1. The van der Waals surface area contributed by atoms with Gasteiger partial charge in [0.1, 0.15) is 17.0 Å². The Morgan fingerprint density at radius 2 is 1.95 bits per heavy atom. The van der Waals surface area contributed by atoms with E-state index in [1.165, 1.54) is 6.07 Å². The zero-order chi connectivity index (χ0) is 15.4. The van der Waals surface area contributed by atoms with Crippen LogP contribution >= 0.6 is 23.2 Å². The number of nitrogens with zero attached hydrogens (tertiary/aromatic N) is 2. The highest BCUT2D eigenvalue weighted by Crippen LogP contribution is 2.28. The van der Waals surface area contributed by atoms with Gasteiger partial charge in [-0.05, 0) is 31.7 Å². The number of carbonyl (C=O) groups is 1. The highest BCUT2D eigenvalue weighted by Gasteiger charge is 2.23. The van der Waals surface area contributed by atoms with Crippen molar-refractivity contribution in [3.63, 3.8) is 0 Å². The summed E-state index contributed by atoms with van der Waals surface area (Å²) in [6, 6.07) is 3.56. The average Bonchev–Trinajstić information content (AvgIpc) is 2.44. The van der Waals surface area contributed by atoms with Gasteiger partial charge in [-0.1, -0.05) is 23.2 Å². The van der Waals surface area contributed by atoms with E-state index < -0.39 is 6.09 Å². The topological polar surface area (TPSA) is 98.0 Å². The Morgan fingerprint density at radius 1 is 1.33 bits per heavy atom. The van der Waals surface area contributed by atoms with E-state index in [0.29, 0.717) is 10.8 Å². The Kier molecular flexibility index (Phi) is 5.10. The lowest BCUT2D eigenvalue weighted by Gasteiger charge is -2.29.